The van der Waals surface area contributed by atoms with E-state index < -0.39 is 0 Å². The van der Waals surface area contributed by atoms with Gasteiger partial charge < -0.3 is 4.90 Å². The summed E-state index contributed by atoms with van der Waals surface area (Å²) in [6, 6.07) is 8.18. The van der Waals surface area contributed by atoms with Crippen LogP contribution in [0.5, 0.6) is 0 Å². The largest absolute Gasteiger partial charge is 0.341 e. The van der Waals surface area contributed by atoms with Gasteiger partial charge in [0.15, 0.2) is 0 Å². The lowest BCUT2D eigenvalue weighted by Crippen LogP contribution is -2.37. The number of halogens is 1. The van der Waals surface area contributed by atoms with Crippen molar-refractivity contribution >= 4 is 17.5 Å². The van der Waals surface area contributed by atoms with Gasteiger partial charge in [-0.1, -0.05) is 11.6 Å². The molecule has 1 aromatic carbocycles. The number of likely N-dealkylation sites (tertiary alicyclic amines) is 2. The van der Waals surface area contributed by atoms with Gasteiger partial charge in [-0.25, -0.2) is 4.68 Å². The Hall–Kier alpha value is -1.85. The van der Waals surface area contributed by atoms with Crippen LogP contribution in [0.15, 0.2) is 24.3 Å². The van der Waals surface area contributed by atoms with Gasteiger partial charge in [0.2, 0.25) is 5.91 Å². The van der Waals surface area contributed by atoms with Crippen LogP contribution in [0.2, 0.25) is 5.02 Å². The molecule has 144 valence electrons. The van der Waals surface area contributed by atoms with Crippen molar-refractivity contribution in [1.29, 1.82) is 0 Å². The van der Waals surface area contributed by atoms with Crippen LogP contribution in [-0.2, 0) is 11.2 Å². The first kappa shape index (κ1) is 18.5. The molecule has 2 aliphatic heterocycles. The molecule has 0 aliphatic carbocycles. The van der Waals surface area contributed by atoms with Crippen molar-refractivity contribution in [3.8, 4) is 5.69 Å². The zero-order valence-electron chi connectivity index (χ0n) is 16.1. The van der Waals surface area contributed by atoms with Gasteiger partial charge in [-0.15, -0.1) is 0 Å². The van der Waals surface area contributed by atoms with Crippen molar-refractivity contribution in [2.45, 2.75) is 45.6 Å². The molecule has 2 saturated heterocycles. The van der Waals surface area contributed by atoms with E-state index in [1.165, 1.54) is 25.9 Å². The maximum atomic E-state index is 12.9. The molecular weight excluding hydrogens is 360 g/mol. The van der Waals surface area contributed by atoms with E-state index in [4.69, 9.17) is 11.6 Å². The highest BCUT2D eigenvalue weighted by atomic mass is 35.5. The monoisotopic (exact) mass is 386 g/mol. The van der Waals surface area contributed by atoms with Crippen LogP contribution < -0.4 is 0 Å². The van der Waals surface area contributed by atoms with Crippen molar-refractivity contribution in [3.63, 3.8) is 0 Å². The summed E-state index contributed by atoms with van der Waals surface area (Å²) in [4.78, 5) is 17.5. The Morgan fingerprint density at radius 2 is 1.85 bits per heavy atom. The third-order valence-corrected chi connectivity index (χ3v) is 6.27. The van der Waals surface area contributed by atoms with E-state index in [0.29, 0.717) is 17.5 Å². The molecule has 0 spiro atoms. The lowest BCUT2D eigenvalue weighted by Gasteiger charge is -2.23. The lowest BCUT2D eigenvalue weighted by atomic mass is 10.1. The van der Waals surface area contributed by atoms with Crippen molar-refractivity contribution in [3.05, 3.63) is 46.2 Å². The zero-order valence-corrected chi connectivity index (χ0v) is 16.9. The van der Waals surface area contributed by atoms with E-state index in [1.54, 1.807) is 0 Å². The second-order valence-electron chi connectivity index (χ2n) is 7.74. The fraction of sp³-hybridized carbons (Fsp3) is 0.524. The first-order chi connectivity index (χ1) is 13.0. The predicted molar refractivity (Wildman–Crippen MR) is 108 cm³/mol. The summed E-state index contributed by atoms with van der Waals surface area (Å²) in [5.41, 5.74) is 3.96. The Morgan fingerprint density at radius 1 is 1.15 bits per heavy atom. The highest BCUT2D eigenvalue weighted by Crippen LogP contribution is 2.23. The molecular formula is C21H27ClN4O. The SMILES string of the molecule is Cc1nn(-c2ccc(Cl)cc2)c(C)c1CC(=O)N1CCC(N2CCCC2)C1. The van der Waals surface area contributed by atoms with Gasteiger partial charge in [-0.2, -0.15) is 5.10 Å². The van der Waals surface area contributed by atoms with E-state index in [0.717, 1.165) is 42.1 Å². The number of aryl methyl sites for hydroxylation is 1. The van der Waals surface area contributed by atoms with Crippen LogP contribution in [0.1, 0.15) is 36.2 Å². The second kappa shape index (κ2) is 7.64. The van der Waals surface area contributed by atoms with Gasteiger partial charge in [0.25, 0.3) is 0 Å². The Kier molecular flexibility index (Phi) is 5.24. The third-order valence-electron chi connectivity index (χ3n) is 6.01. The van der Waals surface area contributed by atoms with Gasteiger partial charge in [0, 0.05) is 35.4 Å². The van der Waals surface area contributed by atoms with Crippen molar-refractivity contribution in [2.24, 2.45) is 0 Å². The molecule has 5 nitrogen and oxygen atoms in total. The number of rotatable bonds is 4. The molecule has 2 aromatic rings. The predicted octanol–water partition coefficient (Wildman–Crippen LogP) is 3.38. The average molecular weight is 387 g/mol. The maximum absolute atomic E-state index is 12.9. The van der Waals surface area contributed by atoms with Crippen LogP contribution in [0.4, 0.5) is 0 Å². The number of carbonyl (C=O) groups is 1. The molecule has 1 aromatic heterocycles. The van der Waals surface area contributed by atoms with Crippen LogP contribution in [0.3, 0.4) is 0 Å². The normalized spacial score (nSPS) is 20.6. The van der Waals surface area contributed by atoms with Crippen molar-refractivity contribution < 1.29 is 4.79 Å². The third kappa shape index (κ3) is 3.76. The summed E-state index contributed by atoms with van der Waals surface area (Å²) in [6.45, 7) is 8.16. The van der Waals surface area contributed by atoms with Crippen LogP contribution >= 0.6 is 11.6 Å². The molecule has 0 saturated carbocycles. The molecule has 1 amide bonds. The van der Waals surface area contributed by atoms with E-state index in [-0.39, 0.29) is 5.91 Å². The first-order valence-corrected chi connectivity index (χ1v) is 10.2. The van der Waals surface area contributed by atoms with Gasteiger partial charge in [-0.3, -0.25) is 9.69 Å². The smallest absolute Gasteiger partial charge is 0.227 e. The molecule has 2 aliphatic rings. The van der Waals surface area contributed by atoms with Crippen LogP contribution in [0, 0.1) is 13.8 Å². The number of benzene rings is 1. The van der Waals surface area contributed by atoms with E-state index in [9.17, 15) is 4.79 Å². The minimum atomic E-state index is 0.221. The van der Waals surface area contributed by atoms with E-state index in [1.807, 2.05) is 47.7 Å². The summed E-state index contributed by atoms with van der Waals surface area (Å²) in [6.07, 6.45) is 4.13. The highest BCUT2D eigenvalue weighted by molar-refractivity contribution is 6.30. The quantitative estimate of drug-likeness (QED) is 0.808. The summed E-state index contributed by atoms with van der Waals surface area (Å²) in [7, 11) is 0. The molecule has 3 heterocycles. The second-order valence-corrected chi connectivity index (χ2v) is 8.18. The highest BCUT2D eigenvalue weighted by Gasteiger charge is 2.32. The molecule has 0 N–H and O–H groups in total. The van der Waals surface area contributed by atoms with Gasteiger partial charge in [0.05, 0.1) is 17.8 Å². The summed E-state index contributed by atoms with van der Waals surface area (Å²) >= 11 is 5.99. The summed E-state index contributed by atoms with van der Waals surface area (Å²) in [5.74, 6) is 0.221. The van der Waals surface area contributed by atoms with Gasteiger partial charge >= 0.3 is 0 Å². The van der Waals surface area contributed by atoms with E-state index in [2.05, 4.69) is 10.00 Å². The first-order valence-electron chi connectivity index (χ1n) is 9.86. The number of hydrogen-bond acceptors (Lipinski definition) is 3. The summed E-state index contributed by atoms with van der Waals surface area (Å²) in [5, 5.41) is 5.37. The zero-order chi connectivity index (χ0) is 19.0. The molecule has 0 radical (unpaired) electrons. The number of hydrogen-bond donors (Lipinski definition) is 0. The standard InChI is InChI=1S/C21H27ClN4O/c1-15-20(16(2)26(23-15)18-7-5-17(22)6-8-18)13-21(27)25-12-9-19(14-25)24-10-3-4-11-24/h5-8,19H,3-4,9-14H2,1-2H3. The summed E-state index contributed by atoms with van der Waals surface area (Å²) < 4.78 is 1.91. The minimum absolute atomic E-state index is 0.221. The fourth-order valence-corrected chi connectivity index (χ4v) is 4.53. The van der Waals surface area contributed by atoms with E-state index >= 15 is 0 Å². The topological polar surface area (TPSA) is 41.4 Å². The molecule has 6 heteroatoms. The molecule has 1 unspecified atom stereocenters. The van der Waals surface area contributed by atoms with Crippen LogP contribution in [-0.4, -0.2) is 57.7 Å². The Labute approximate surface area is 165 Å². The Morgan fingerprint density at radius 3 is 2.56 bits per heavy atom. The fourth-order valence-electron chi connectivity index (χ4n) is 4.40. The molecule has 4 rings (SSSR count). The number of nitrogens with zero attached hydrogens (tertiary/aromatic N) is 4. The molecule has 1 atom stereocenters. The van der Waals surface area contributed by atoms with Crippen LogP contribution in [0.25, 0.3) is 5.69 Å². The molecule has 0 bridgehead atoms. The number of carbonyl (C=O) groups excluding carboxylic acids is 1. The Bertz CT molecular complexity index is 823. The number of amides is 1. The minimum Gasteiger partial charge on any atom is -0.341 e. The van der Waals surface area contributed by atoms with Crippen molar-refractivity contribution in [1.82, 2.24) is 19.6 Å². The number of aromatic nitrogens is 2. The average Bonchev–Trinajstić information content (AvgIpc) is 3.39. The maximum Gasteiger partial charge on any atom is 0.227 e. The molecule has 27 heavy (non-hydrogen) atoms. The van der Waals surface area contributed by atoms with Gasteiger partial charge in [-0.05, 0) is 70.5 Å². The molecule has 2 fully saturated rings. The Balaban J connectivity index is 1.46. The van der Waals surface area contributed by atoms with Gasteiger partial charge in [0.1, 0.15) is 0 Å². The van der Waals surface area contributed by atoms with Crippen molar-refractivity contribution in [2.75, 3.05) is 26.2 Å². The lowest BCUT2D eigenvalue weighted by molar-refractivity contribution is -0.129.